The molecule has 3 N–H and O–H groups in total. The molecule has 0 radical (unpaired) electrons. The van der Waals surface area contributed by atoms with E-state index in [9.17, 15) is 0 Å². The summed E-state index contributed by atoms with van der Waals surface area (Å²) >= 11 is 0. The Morgan fingerprint density at radius 3 is 2.91 bits per heavy atom. The first-order valence-corrected chi connectivity index (χ1v) is 7.27. The Labute approximate surface area is 128 Å². The van der Waals surface area contributed by atoms with E-state index in [-0.39, 0.29) is 0 Å². The fourth-order valence-electron chi connectivity index (χ4n) is 2.58. The van der Waals surface area contributed by atoms with Gasteiger partial charge in [-0.05, 0) is 30.7 Å². The van der Waals surface area contributed by atoms with Crippen LogP contribution in [0.25, 0.3) is 11.0 Å². The lowest BCUT2D eigenvalue weighted by atomic mass is 10.2. The fourth-order valence-corrected chi connectivity index (χ4v) is 2.58. The molecule has 0 bridgehead atoms. The molecule has 22 heavy (non-hydrogen) atoms. The lowest BCUT2D eigenvalue weighted by Crippen LogP contribution is -2.21. The molecule has 4 rings (SSSR count). The zero-order valence-corrected chi connectivity index (χ0v) is 12.2. The van der Waals surface area contributed by atoms with E-state index in [0.717, 1.165) is 41.3 Å². The average molecular weight is 292 g/mol. The Hall–Kier alpha value is -2.89. The van der Waals surface area contributed by atoms with Crippen LogP contribution in [0.2, 0.25) is 0 Å². The minimum absolute atomic E-state index is 0.714. The van der Waals surface area contributed by atoms with E-state index in [1.807, 2.05) is 18.2 Å². The molecule has 0 unspecified atom stereocenters. The van der Waals surface area contributed by atoms with Gasteiger partial charge < -0.3 is 16.0 Å². The lowest BCUT2D eigenvalue weighted by molar-refractivity contribution is 1.02. The van der Waals surface area contributed by atoms with Gasteiger partial charge in [-0.3, -0.25) is 0 Å². The molecule has 0 fully saturated rings. The van der Waals surface area contributed by atoms with Crippen molar-refractivity contribution in [2.24, 2.45) is 0 Å². The van der Waals surface area contributed by atoms with Gasteiger partial charge in [0.1, 0.15) is 11.8 Å². The van der Waals surface area contributed by atoms with Crippen LogP contribution in [0.5, 0.6) is 0 Å². The zero-order valence-electron chi connectivity index (χ0n) is 12.2. The van der Waals surface area contributed by atoms with Gasteiger partial charge in [0.15, 0.2) is 11.6 Å². The van der Waals surface area contributed by atoms with Crippen molar-refractivity contribution in [3.8, 4) is 0 Å². The molecule has 6 heteroatoms. The number of nitrogens with zero attached hydrogens (tertiary/aromatic N) is 3. The van der Waals surface area contributed by atoms with Crippen molar-refractivity contribution in [1.29, 1.82) is 0 Å². The summed E-state index contributed by atoms with van der Waals surface area (Å²) in [5, 5.41) is 9.96. The maximum Gasteiger partial charge on any atom is 0.160 e. The van der Waals surface area contributed by atoms with Gasteiger partial charge in [0, 0.05) is 18.8 Å². The van der Waals surface area contributed by atoms with Crippen molar-refractivity contribution < 1.29 is 0 Å². The highest BCUT2D eigenvalue weighted by Gasteiger charge is 2.14. The first-order valence-electron chi connectivity index (χ1n) is 7.27. The van der Waals surface area contributed by atoms with Crippen molar-refractivity contribution >= 4 is 34.0 Å². The summed E-state index contributed by atoms with van der Waals surface area (Å²) in [7, 11) is 0. The van der Waals surface area contributed by atoms with Gasteiger partial charge in [-0.25, -0.2) is 15.0 Å². The molecule has 0 spiro atoms. The van der Waals surface area contributed by atoms with Crippen LogP contribution in [0.1, 0.15) is 5.56 Å². The van der Waals surface area contributed by atoms with Crippen molar-refractivity contribution in [3.05, 3.63) is 42.2 Å². The van der Waals surface area contributed by atoms with E-state index in [4.69, 9.17) is 0 Å². The first kappa shape index (κ1) is 12.8. The Bertz CT molecular complexity index is 845. The van der Waals surface area contributed by atoms with Crippen LogP contribution >= 0.6 is 0 Å². The molecule has 0 saturated carbocycles. The number of fused-ring (bicyclic) bond motifs is 2. The van der Waals surface area contributed by atoms with Gasteiger partial charge in [0.05, 0.1) is 11.2 Å². The van der Waals surface area contributed by atoms with E-state index < -0.39 is 0 Å². The van der Waals surface area contributed by atoms with Crippen molar-refractivity contribution in [2.45, 2.75) is 6.92 Å². The number of aromatic nitrogens is 3. The van der Waals surface area contributed by atoms with Gasteiger partial charge in [-0.1, -0.05) is 12.1 Å². The largest absolute Gasteiger partial charge is 0.380 e. The van der Waals surface area contributed by atoms with Gasteiger partial charge in [-0.2, -0.15) is 0 Å². The predicted molar refractivity (Wildman–Crippen MR) is 88.8 cm³/mol. The maximum atomic E-state index is 4.67. The second-order valence-electron chi connectivity index (χ2n) is 5.32. The van der Waals surface area contributed by atoms with Gasteiger partial charge in [0.25, 0.3) is 0 Å². The van der Waals surface area contributed by atoms with E-state index in [1.54, 1.807) is 6.33 Å². The minimum atomic E-state index is 0.714. The van der Waals surface area contributed by atoms with Crippen LogP contribution in [0.15, 0.2) is 36.7 Å². The number of rotatable bonds is 2. The third-order valence-electron chi connectivity index (χ3n) is 3.62. The SMILES string of the molecule is Cc1cccc(Nc2ncnc3cc4c(nc23)NCCN4)c1. The van der Waals surface area contributed by atoms with Gasteiger partial charge in [0.2, 0.25) is 0 Å². The highest BCUT2D eigenvalue weighted by atomic mass is 15.1. The second-order valence-corrected chi connectivity index (χ2v) is 5.32. The van der Waals surface area contributed by atoms with E-state index in [2.05, 4.69) is 50.0 Å². The molecule has 0 aliphatic carbocycles. The number of anilines is 4. The second kappa shape index (κ2) is 5.14. The Morgan fingerprint density at radius 2 is 2.00 bits per heavy atom. The van der Waals surface area contributed by atoms with Crippen LogP contribution in [0.4, 0.5) is 23.0 Å². The summed E-state index contributed by atoms with van der Waals surface area (Å²) in [5.41, 5.74) is 4.75. The summed E-state index contributed by atoms with van der Waals surface area (Å²) in [5.74, 6) is 1.56. The molecule has 3 heterocycles. The van der Waals surface area contributed by atoms with Gasteiger partial charge in [-0.15, -0.1) is 0 Å². The number of benzene rings is 1. The summed E-state index contributed by atoms with van der Waals surface area (Å²) in [6, 6.07) is 10.2. The molecule has 3 aromatic rings. The quantitative estimate of drug-likeness (QED) is 0.674. The zero-order chi connectivity index (χ0) is 14.9. The van der Waals surface area contributed by atoms with Crippen LogP contribution in [0.3, 0.4) is 0 Å². The molecular weight excluding hydrogens is 276 g/mol. The number of aryl methyl sites for hydroxylation is 1. The number of hydrogen-bond donors (Lipinski definition) is 3. The topological polar surface area (TPSA) is 74.8 Å². The average Bonchev–Trinajstić information content (AvgIpc) is 2.53. The fraction of sp³-hybridized carbons (Fsp3) is 0.188. The summed E-state index contributed by atoms with van der Waals surface area (Å²) < 4.78 is 0. The summed E-state index contributed by atoms with van der Waals surface area (Å²) in [6.07, 6.45) is 1.56. The highest BCUT2D eigenvalue weighted by molar-refractivity contribution is 5.92. The Morgan fingerprint density at radius 1 is 1.09 bits per heavy atom. The molecule has 0 atom stereocenters. The molecule has 6 nitrogen and oxygen atoms in total. The standard InChI is InChI=1S/C16H16N6/c1-10-3-2-4-11(7-10)21-16-14-12(19-9-20-16)8-13-15(22-14)18-6-5-17-13/h2-4,7-9,17H,5-6H2,1H3,(H,18,22)(H,19,20,21). The van der Waals surface area contributed by atoms with Crippen LogP contribution in [-0.2, 0) is 0 Å². The summed E-state index contributed by atoms with van der Waals surface area (Å²) in [6.45, 7) is 3.81. The van der Waals surface area contributed by atoms with Crippen LogP contribution in [0, 0.1) is 6.92 Å². The smallest absolute Gasteiger partial charge is 0.160 e. The van der Waals surface area contributed by atoms with E-state index in [0.29, 0.717) is 5.82 Å². The monoisotopic (exact) mass is 292 g/mol. The van der Waals surface area contributed by atoms with Crippen LogP contribution < -0.4 is 16.0 Å². The molecule has 110 valence electrons. The Kier molecular flexibility index (Phi) is 3.00. The first-order chi connectivity index (χ1) is 10.8. The highest BCUT2D eigenvalue weighted by Crippen LogP contribution is 2.29. The van der Waals surface area contributed by atoms with Crippen molar-refractivity contribution in [3.63, 3.8) is 0 Å². The lowest BCUT2D eigenvalue weighted by Gasteiger charge is -2.19. The molecule has 1 aromatic carbocycles. The minimum Gasteiger partial charge on any atom is -0.380 e. The third-order valence-corrected chi connectivity index (χ3v) is 3.62. The third kappa shape index (κ3) is 2.28. The normalized spacial score (nSPS) is 13.1. The molecule has 1 aliphatic heterocycles. The van der Waals surface area contributed by atoms with Crippen molar-refractivity contribution in [2.75, 3.05) is 29.0 Å². The van der Waals surface area contributed by atoms with Crippen molar-refractivity contribution in [1.82, 2.24) is 15.0 Å². The molecule has 1 aliphatic rings. The van der Waals surface area contributed by atoms with E-state index >= 15 is 0 Å². The number of nitrogens with one attached hydrogen (secondary N) is 3. The molecule has 0 saturated heterocycles. The summed E-state index contributed by atoms with van der Waals surface area (Å²) in [4.78, 5) is 13.3. The molecule has 0 amide bonds. The van der Waals surface area contributed by atoms with Crippen LogP contribution in [-0.4, -0.2) is 28.0 Å². The Balaban J connectivity index is 1.80. The maximum absolute atomic E-state index is 4.67. The van der Waals surface area contributed by atoms with Gasteiger partial charge >= 0.3 is 0 Å². The van der Waals surface area contributed by atoms with E-state index in [1.165, 1.54) is 5.56 Å². The molecular formula is C16H16N6. The molecule has 2 aromatic heterocycles. The number of hydrogen-bond acceptors (Lipinski definition) is 6. The number of pyridine rings is 1. The predicted octanol–water partition coefficient (Wildman–Crippen LogP) is 2.91.